The fourth-order valence-electron chi connectivity index (χ4n) is 3.65. The van der Waals surface area contributed by atoms with Gasteiger partial charge in [-0.2, -0.15) is 0 Å². The molecule has 1 aliphatic heterocycles. The molecule has 20 heavy (non-hydrogen) atoms. The molecule has 1 saturated heterocycles. The zero-order valence-electron chi connectivity index (χ0n) is 11.9. The Bertz CT molecular complexity index is 462. The van der Waals surface area contributed by atoms with Crippen LogP contribution in [0.4, 0.5) is 0 Å². The molecule has 1 aromatic rings. The first kappa shape index (κ1) is 13.6. The molecule has 3 unspecified atom stereocenters. The third kappa shape index (κ3) is 2.70. The van der Waals surface area contributed by atoms with Crippen molar-refractivity contribution in [2.45, 2.75) is 50.6 Å². The van der Waals surface area contributed by atoms with Gasteiger partial charge in [0.25, 0.3) is 0 Å². The highest BCUT2D eigenvalue weighted by molar-refractivity contribution is 5.79. The van der Waals surface area contributed by atoms with E-state index in [9.17, 15) is 4.79 Å². The smallest absolute Gasteiger partial charge is 0.226 e. The van der Waals surface area contributed by atoms with Crippen molar-refractivity contribution >= 4 is 5.91 Å². The minimum atomic E-state index is 0.140. The van der Waals surface area contributed by atoms with Gasteiger partial charge in [-0.15, -0.1) is 0 Å². The molecule has 108 valence electrons. The van der Waals surface area contributed by atoms with Gasteiger partial charge in [-0.05, 0) is 49.8 Å². The van der Waals surface area contributed by atoms with E-state index in [0.717, 1.165) is 45.1 Å². The molecule has 2 heterocycles. The van der Waals surface area contributed by atoms with Crippen molar-refractivity contribution in [3.05, 3.63) is 30.1 Å². The van der Waals surface area contributed by atoms with Gasteiger partial charge in [0, 0.05) is 30.9 Å². The summed E-state index contributed by atoms with van der Waals surface area (Å²) >= 11 is 0. The topological polar surface area (TPSA) is 59.2 Å². The van der Waals surface area contributed by atoms with Crippen LogP contribution in [0.25, 0.3) is 0 Å². The maximum Gasteiger partial charge on any atom is 0.226 e. The van der Waals surface area contributed by atoms with E-state index in [1.54, 1.807) is 0 Å². The van der Waals surface area contributed by atoms with Crippen molar-refractivity contribution in [1.82, 2.24) is 9.88 Å². The van der Waals surface area contributed by atoms with Crippen LogP contribution >= 0.6 is 0 Å². The summed E-state index contributed by atoms with van der Waals surface area (Å²) in [5.74, 6) is 0.459. The number of likely N-dealkylation sites (tertiary alicyclic amines) is 1. The Morgan fingerprint density at radius 3 is 2.75 bits per heavy atom. The van der Waals surface area contributed by atoms with Gasteiger partial charge in [0.05, 0.1) is 6.04 Å². The zero-order valence-corrected chi connectivity index (χ0v) is 11.9. The molecule has 2 fully saturated rings. The molecule has 1 aliphatic carbocycles. The number of nitrogens with zero attached hydrogens (tertiary/aromatic N) is 2. The minimum Gasteiger partial charge on any atom is -0.335 e. The average Bonchev–Trinajstić information content (AvgIpc) is 2.97. The number of pyridine rings is 1. The molecular weight excluding hydrogens is 250 g/mol. The fraction of sp³-hybridized carbons (Fsp3) is 0.625. The van der Waals surface area contributed by atoms with Gasteiger partial charge in [0.1, 0.15) is 0 Å². The first-order chi connectivity index (χ1) is 9.75. The summed E-state index contributed by atoms with van der Waals surface area (Å²) in [7, 11) is 0. The molecular formula is C16H23N3O. The molecule has 0 aromatic carbocycles. The predicted molar refractivity (Wildman–Crippen MR) is 77.9 cm³/mol. The standard InChI is InChI=1S/C16H23N3O/c17-14-4-1-3-13(11-14)16(20)19-10-2-5-15(19)12-6-8-18-9-7-12/h6-9,13-15H,1-5,10-11,17H2. The Kier molecular flexibility index (Phi) is 4.01. The molecule has 2 aliphatic rings. The van der Waals surface area contributed by atoms with E-state index >= 15 is 0 Å². The normalized spacial score (nSPS) is 30.4. The molecule has 4 nitrogen and oxygen atoms in total. The first-order valence-electron chi connectivity index (χ1n) is 7.71. The summed E-state index contributed by atoms with van der Waals surface area (Å²) in [5.41, 5.74) is 7.24. The number of rotatable bonds is 2. The highest BCUT2D eigenvalue weighted by Crippen LogP contribution is 2.35. The Hall–Kier alpha value is -1.42. The molecule has 3 rings (SSSR count). The number of hydrogen-bond donors (Lipinski definition) is 1. The lowest BCUT2D eigenvalue weighted by Crippen LogP contribution is -2.40. The summed E-state index contributed by atoms with van der Waals surface area (Å²) in [6.07, 6.45) is 9.80. The number of hydrogen-bond acceptors (Lipinski definition) is 3. The number of aromatic nitrogens is 1. The van der Waals surface area contributed by atoms with Crippen molar-refractivity contribution in [1.29, 1.82) is 0 Å². The quantitative estimate of drug-likeness (QED) is 0.899. The minimum absolute atomic E-state index is 0.140. The van der Waals surface area contributed by atoms with Crippen LogP contribution in [0, 0.1) is 5.92 Å². The van der Waals surface area contributed by atoms with Crippen LogP contribution in [-0.2, 0) is 4.79 Å². The highest BCUT2D eigenvalue weighted by Gasteiger charge is 2.35. The molecule has 1 amide bonds. The molecule has 1 aromatic heterocycles. The van der Waals surface area contributed by atoms with Gasteiger partial charge in [-0.3, -0.25) is 9.78 Å². The Morgan fingerprint density at radius 1 is 1.20 bits per heavy atom. The number of amides is 1. The Morgan fingerprint density at radius 2 is 2.00 bits per heavy atom. The summed E-state index contributed by atoms with van der Waals surface area (Å²) in [5, 5.41) is 0. The van der Waals surface area contributed by atoms with Gasteiger partial charge < -0.3 is 10.6 Å². The van der Waals surface area contributed by atoms with Gasteiger partial charge in [0.2, 0.25) is 5.91 Å². The van der Waals surface area contributed by atoms with Crippen LogP contribution in [-0.4, -0.2) is 28.4 Å². The Balaban J connectivity index is 1.73. The van der Waals surface area contributed by atoms with Crippen molar-refractivity contribution in [2.75, 3.05) is 6.54 Å². The average molecular weight is 273 g/mol. The second kappa shape index (κ2) is 5.92. The molecule has 0 bridgehead atoms. The third-order valence-electron chi connectivity index (χ3n) is 4.69. The largest absolute Gasteiger partial charge is 0.335 e. The van der Waals surface area contributed by atoms with E-state index in [0.29, 0.717) is 5.91 Å². The van der Waals surface area contributed by atoms with Gasteiger partial charge in [0.15, 0.2) is 0 Å². The maximum atomic E-state index is 12.8. The monoisotopic (exact) mass is 273 g/mol. The summed E-state index contributed by atoms with van der Waals surface area (Å²) in [6, 6.07) is 4.51. The van der Waals surface area contributed by atoms with Crippen LogP contribution in [0.2, 0.25) is 0 Å². The SMILES string of the molecule is NC1CCCC(C(=O)N2CCCC2c2ccncc2)C1. The number of nitrogens with two attached hydrogens (primary N) is 1. The van der Waals surface area contributed by atoms with Gasteiger partial charge in [-0.25, -0.2) is 0 Å². The van der Waals surface area contributed by atoms with Gasteiger partial charge >= 0.3 is 0 Å². The van der Waals surface area contributed by atoms with E-state index in [-0.39, 0.29) is 18.0 Å². The van der Waals surface area contributed by atoms with Gasteiger partial charge in [-0.1, -0.05) is 6.42 Å². The molecule has 2 N–H and O–H groups in total. The molecule has 1 saturated carbocycles. The summed E-state index contributed by atoms with van der Waals surface area (Å²) in [6.45, 7) is 0.886. The van der Waals surface area contributed by atoms with Crippen molar-refractivity contribution in [3.8, 4) is 0 Å². The van der Waals surface area contributed by atoms with Crippen molar-refractivity contribution in [3.63, 3.8) is 0 Å². The van der Waals surface area contributed by atoms with Crippen LogP contribution < -0.4 is 5.73 Å². The third-order valence-corrected chi connectivity index (χ3v) is 4.69. The van der Waals surface area contributed by atoms with Crippen molar-refractivity contribution < 1.29 is 4.79 Å². The second-order valence-corrected chi connectivity index (χ2v) is 6.09. The zero-order chi connectivity index (χ0) is 13.9. The van der Waals surface area contributed by atoms with Crippen LogP contribution in [0.5, 0.6) is 0 Å². The number of carbonyl (C=O) groups is 1. The van der Waals surface area contributed by atoms with Crippen LogP contribution in [0.3, 0.4) is 0 Å². The summed E-state index contributed by atoms with van der Waals surface area (Å²) < 4.78 is 0. The summed E-state index contributed by atoms with van der Waals surface area (Å²) in [4.78, 5) is 18.9. The lowest BCUT2D eigenvalue weighted by atomic mass is 9.85. The molecule has 0 radical (unpaired) electrons. The fourth-order valence-corrected chi connectivity index (χ4v) is 3.65. The first-order valence-corrected chi connectivity index (χ1v) is 7.71. The van der Waals surface area contributed by atoms with E-state index < -0.39 is 0 Å². The molecule has 0 spiro atoms. The maximum absolute atomic E-state index is 12.8. The molecule has 3 atom stereocenters. The Labute approximate surface area is 120 Å². The lowest BCUT2D eigenvalue weighted by Gasteiger charge is -2.32. The van der Waals surface area contributed by atoms with Crippen LogP contribution in [0.1, 0.15) is 50.1 Å². The number of carbonyl (C=O) groups excluding carboxylic acids is 1. The predicted octanol–water partition coefficient (Wildman–Crippen LogP) is 2.26. The van der Waals surface area contributed by atoms with Crippen molar-refractivity contribution in [2.24, 2.45) is 11.7 Å². The highest BCUT2D eigenvalue weighted by atomic mass is 16.2. The van der Waals surface area contributed by atoms with E-state index in [1.165, 1.54) is 5.56 Å². The van der Waals surface area contributed by atoms with E-state index in [1.807, 2.05) is 24.5 Å². The van der Waals surface area contributed by atoms with E-state index in [4.69, 9.17) is 5.73 Å². The molecule has 4 heteroatoms. The lowest BCUT2D eigenvalue weighted by molar-refractivity contribution is -0.137. The second-order valence-electron chi connectivity index (χ2n) is 6.09. The van der Waals surface area contributed by atoms with Crippen LogP contribution in [0.15, 0.2) is 24.5 Å². The van der Waals surface area contributed by atoms with E-state index in [2.05, 4.69) is 9.88 Å².